The molecule has 1 aliphatic rings. The Bertz CT molecular complexity index is 510. The van der Waals surface area contributed by atoms with Gasteiger partial charge in [-0.05, 0) is 34.1 Å². The van der Waals surface area contributed by atoms with Crippen LogP contribution in [0.1, 0.15) is 5.56 Å². The summed E-state index contributed by atoms with van der Waals surface area (Å²) in [4.78, 5) is 0. The Morgan fingerprint density at radius 2 is 1.82 bits per heavy atom. The van der Waals surface area contributed by atoms with Gasteiger partial charge in [0.1, 0.15) is 22.1 Å². The van der Waals surface area contributed by atoms with Crippen molar-refractivity contribution in [2.75, 3.05) is 0 Å². The molecule has 0 radical (unpaired) electrons. The fraction of sp³-hybridized carbons (Fsp3) is 0.167. The highest BCUT2D eigenvalue weighted by Crippen LogP contribution is 2.46. The molecule has 5 heteroatoms. The minimum absolute atomic E-state index is 0.0383. The monoisotopic (exact) mass is 366 g/mol. The van der Waals surface area contributed by atoms with Crippen LogP contribution in [0.5, 0.6) is 0 Å². The SMILES string of the molecule is FC1=CC(Br)(c2ccccc2F)C(F)C=C1Br. The van der Waals surface area contributed by atoms with Gasteiger partial charge in [0.25, 0.3) is 0 Å². The molecule has 0 nitrogen and oxygen atoms in total. The lowest BCUT2D eigenvalue weighted by Crippen LogP contribution is -2.30. The van der Waals surface area contributed by atoms with E-state index in [1.807, 2.05) is 0 Å². The number of halogens is 5. The minimum atomic E-state index is -1.56. The lowest BCUT2D eigenvalue weighted by atomic mass is 9.90. The fourth-order valence-electron chi connectivity index (χ4n) is 1.66. The van der Waals surface area contributed by atoms with Gasteiger partial charge in [0, 0.05) is 5.56 Å². The normalized spacial score (nSPS) is 28.6. The largest absolute Gasteiger partial charge is 0.241 e. The molecule has 0 amide bonds. The second-order valence-corrected chi connectivity index (χ2v) is 5.82. The first-order valence-electron chi connectivity index (χ1n) is 4.79. The zero-order valence-corrected chi connectivity index (χ0v) is 11.6. The van der Waals surface area contributed by atoms with Crippen molar-refractivity contribution in [2.45, 2.75) is 10.5 Å². The van der Waals surface area contributed by atoms with Crippen molar-refractivity contribution in [3.8, 4) is 0 Å². The van der Waals surface area contributed by atoms with Gasteiger partial charge >= 0.3 is 0 Å². The van der Waals surface area contributed by atoms with Crippen LogP contribution in [-0.2, 0) is 4.32 Å². The highest BCUT2D eigenvalue weighted by Gasteiger charge is 2.41. The molecule has 1 aliphatic carbocycles. The number of allylic oxidation sites excluding steroid dienone is 4. The average Bonchev–Trinajstić information content (AvgIpc) is 2.27. The molecule has 2 atom stereocenters. The van der Waals surface area contributed by atoms with Crippen LogP contribution in [0.2, 0.25) is 0 Å². The maximum Gasteiger partial charge on any atom is 0.143 e. The summed E-state index contributed by atoms with van der Waals surface area (Å²) in [6.45, 7) is 0. The van der Waals surface area contributed by atoms with Gasteiger partial charge < -0.3 is 0 Å². The zero-order chi connectivity index (χ0) is 12.6. The molecule has 0 spiro atoms. The second-order valence-electron chi connectivity index (χ2n) is 3.66. The Morgan fingerprint density at radius 1 is 1.18 bits per heavy atom. The van der Waals surface area contributed by atoms with E-state index in [9.17, 15) is 13.2 Å². The van der Waals surface area contributed by atoms with Gasteiger partial charge in [-0.2, -0.15) is 0 Å². The third kappa shape index (κ3) is 2.22. The third-order valence-electron chi connectivity index (χ3n) is 2.55. The quantitative estimate of drug-likeness (QED) is 0.619. The molecular formula is C12H7Br2F3. The molecule has 0 saturated carbocycles. The van der Waals surface area contributed by atoms with Gasteiger partial charge in [-0.25, -0.2) is 13.2 Å². The molecule has 2 unspecified atom stereocenters. The summed E-state index contributed by atoms with van der Waals surface area (Å²) in [6, 6.07) is 5.71. The van der Waals surface area contributed by atoms with E-state index >= 15 is 0 Å². The predicted octanol–water partition coefficient (Wildman–Crippen LogP) is 4.90. The standard InChI is InChI=1S/C12H7Br2F3/c13-8-5-11(17)12(14,6-10(8)16)7-3-1-2-4-9(7)15/h1-6,11H. The van der Waals surface area contributed by atoms with Gasteiger partial charge in [0.05, 0.1) is 4.48 Å². The van der Waals surface area contributed by atoms with Crippen molar-refractivity contribution >= 4 is 31.9 Å². The van der Waals surface area contributed by atoms with Crippen LogP contribution in [0.3, 0.4) is 0 Å². The van der Waals surface area contributed by atoms with E-state index in [0.717, 1.165) is 12.2 Å². The first kappa shape index (κ1) is 12.9. The van der Waals surface area contributed by atoms with Crippen LogP contribution in [-0.4, -0.2) is 6.17 Å². The Labute approximate surface area is 113 Å². The summed E-state index contributed by atoms with van der Waals surface area (Å²) in [7, 11) is 0. The van der Waals surface area contributed by atoms with E-state index in [4.69, 9.17) is 0 Å². The Hall–Kier alpha value is -0.550. The highest BCUT2D eigenvalue weighted by molar-refractivity contribution is 9.12. The lowest BCUT2D eigenvalue weighted by molar-refractivity contribution is 0.340. The molecule has 0 aromatic heterocycles. The van der Waals surface area contributed by atoms with Gasteiger partial charge in [0.15, 0.2) is 0 Å². The minimum Gasteiger partial charge on any atom is -0.241 e. The number of hydrogen-bond acceptors (Lipinski definition) is 0. The van der Waals surface area contributed by atoms with Crippen LogP contribution in [0.15, 0.2) is 46.7 Å². The lowest BCUT2D eigenvalue weighted by Gasteiger charge is -2.30. The van der Waals surface area contributed by atoms with E-state index in [1.165, 1.54) is 18.2 Å². The summed E-state index contributed by atoms with van der Waals surface area (Å²) in [6.07, 6.45) is 0.532. The topological polar surface area (TPSA) is 0 Å². The van der Waals surface area contributed by atoms with E-state index < -0.39 is 22.1 Å². The Balaban J connectivity index is 2.55. The predicted molar refractivity (Wildman–Crippen MR) is 68.1 cm³/mol. The molecule has 2 rings (SSSR count). The van der Waals surface area contributed by atoms with Gasteiger partial charge in [-0.15, -0.1) is 0 Å². The average molecular weight is 368 g/mol. The molecule has 1 aromatic rings. The molecule has 0 N–H and O–H groups in total. The molecule has 1 aromatic carbocycles. The maximum atomic E-state index is 14.0. The van der Waals surface area contributed by atoms with Gasteiger partial charge in [-0.3, -0.25) is 0 Å². The number of alkyl halides is 2. The van der Waals surface area contributed by atoms with Crippen LogP contribution < -0.4 is 0 Å². The van der Waals surface area contributed by atoms with Crippen LogP contribution in [0.25, 0.3) is 0 Å². The van der Waals surface area contributed by atoms with Gasteiger partial charge in [-0.1, -0.05) is 34.1 Å². The summed E-state index contributed by atoms with van der Waals surface area (Å²) in [5, 5.41) is 0. The third-order valence-corrected chi connectivity index (χ3v) is 4.28. The number of hydrogen-bond donors (Lipinski definition) is 0. The summed E-state index contributed by atoms with van der Waals surface area (Å²) in [5.41, 5.74) is 0.0684. The maximum absolute atomic E-state index is 14.0. The van der Waals surface area contributed by atoms with Crippen molar-refractivity contribution in [1.29, 1.82) is 0 Å². The Kier molecular flexibility index (Phi) is 3.50. The van der Waals surface area contributed by atoms with Crippen molar-refractivity contribution < 1.29 is 13.2 Å². The fourth-order valence-corrected chi connectivity index (χ4v) is 2.66. The smallest absolute Gasteiger partial charge is 0.143 e. The first-order chi connectivity index (χ1) is 7.95. The number of rotatable bonds is 1. The van der Waals surface area contributed by atoms with Gasteiger partial charge in [0.2, 0.25) is 0 Å². The first-order valence-corrected chi connectivity index (χ1v) is 6.38. The summed E-state index contributed by atoms with van der Waals surface area (Å²) < 4.78 is 39.7. The van der Waals surface area contributed by atoms with Crippen molar-refractivity contribution in [1.82, 2.24) is 0 Å². The van der Waals surface area contributed by atoms with E-state index in [-0.39, 0.29) is 10.0 Å². The molecule has 0 bridgehead atoms. The van der Waals surface area contributed by atoms with Crippen molar-refractivity contribution in [3.63, 3.8) is 0 Å². The van der Waals surface area contributed by atoms with E-state index in [0.29, 0.717) is 0 Å². The summed E-state index contributed by atoms with van der Waals surface area (Å²) in [5.74, 6) is -1.21. The van der Waals surface area contributed by atoms with Crippen LogP contribution in [0, 0.1) is 5.82 Å². The summed E-state index contributed by atoms with van der Waals surface area (Å²) >= 11 is 5.99. The van der Waals surface area contributed by atoms with E-state index in [2.05, 4.69) is 31.9 Å². The van der Waals surface area contributed by atoms with Crippen molar-refractivity contribution in [2.24, 2.45) is 0 Å². The molecule has 0 aliphatic heterocycles. The second kappa shape index (κ2) is 4.61. The Morgan fingerprint density at radius 3 is 2.47 bits per heavy atom. The molecular weight excluding hydrogens is 361 g/mol. The zero-order valence-electron chi connectivity index (χ0n) is 8.43. The molecule has 0 fully saturated rings. The molecule has 0 saturated heterocycles. The highest BCUT2D eigenvalue weighted by atomic mass is 79.9. The molecule has 17 heavy (non-hydrogen) atoms. The number of benzene rings is 1. The van der Waals surface area contributed by atoms with Crippen molar-refractivity contribution in [3.05, 3.63) is 58.1 Å². The molecule has 0 heterocycles. The van der Waals surface area contributed by atoms with Crippen LogP contribution in [0.4, 0.5) is 13.2 Å². The van der Waals surface area contributed by atoms with Crippen LogP contribution >= 0.6 is 31.9 Å². The van der Waals surface area contributed by atoms with E-state index in [1.54, 1.807) is 6.07 Å². The molecule has 90 valence electrons.